The van der Waals surface area contributed by atoms with Gasteiger partial charge in [-0.15, -0.1) is 0 Å². The summed E-state index contributed by atoms with van der Waals surface area (Å²) < 4.78 is 16.4. The van der Waals surface area contributed by atoms with Crippen LogP contribution in [0.3, 0.4) is 0 Å². The molecule has 1 amide bonds. The quantitative estimate of drug-likeness (QED) is 0.524. The Kier molecular flexibility index (Phi) is 7.55. The molecular weight excluding hydrogens is 390 g/mol. The van der Waals surface area contributed by atoms with Crippen molar-refractivity contribution in [3.05, 3.63) is 89.5 Å². The van der Waals surface area contributed by atoms with Gasteiger partial charge in [-0.25, -0.2) is 0 Å². The molecule has 5 nitrogen and oxygen atoms in total. The smallest absolute Gasteiger partial charge is 0.228 e. The third-order valence-electron chi connectivity index (χ3n) is 5.43. The average molecular weight is 420 g/mol. The van der Waals surface area contributed by atoms with Crippen LogP contribution in [-0.2, 0) is 4.79 Å². The molecule has 5 heteroatoms. The van der Waals surface area contributed by atoms with Crippen molar-refractivity contribution in [2.24, 2.45) is 0 Å². The van der Waals surface area contributed by atoms with Crippen molar-refractivity contribution in [3.8, 4) is 17.2 Å². The zero-order chi connectivity index (χ0) is 22.2. The normalized spacial score (nSPS) is 11.6. The van der Waals surface area contributed by atoms with Crippen molar-refractivity contribution in [1.29, 1.82) is 0 Å². The van der Waals surface area contributed by atoms with Crippen molar-refractivity contribution in [2.75, 3.05) is 21.3 Å². The summed E-state index contributed by atoms with van der Waals surface area (Å²) in [6.07, 6.45) is 0.669. The van der Waals surface area contributed by atoms with Gasteiger partial charge >= 0.3 is 0 Å². The van der Waals surface area contributed by atoms with E-state index in [0.29, 0.717) is 17.9 Å². The SMILES string of the molecule is CC[C@@H](C(=O)NC(c1ccccc1OC)c1ccccc1OC)c1ccc(OC)cc1. The fourth-order valence-electron chi connectivity index (χ4n) is 3.78. The maximum Gasteiger partial charge on any atom is 0.228 e. The maximum absolute atomic E-state index is 13.5. The number of ether oxygens (including phenoxy) is 3. The summed E-state index contributed by atoms with van der Waals surface area (Å²) in [5.74, 6) is 1.82. The number of rotatable bonds is 9. The molecular formula is C26H29NO4. The van der Waals surface area contributed by atoms with E-state index in [-0.39, 0.29) is 11.8 Å². The van der Waals surface area contributed by atoms with Crippen LogP contribution in [0.1, 0.15) is 42.0 Å². The number of benzene rings is 3. The zero-order valence-corrected chi connectivity index (χ0v) is 18.4. The van der Waals surface area contributed by atoms with Crippen LogP contribution in [0.25, 0.3) is 0 Å². The zero-order valence-electron chi connectivity index (χ0n) is 18.4. The van der Waals surface area contributed by atoms with Gasteiger partial charge in [-0.05, 0) is 36.2 Å². The van der Waals surface area contributed by atoms with E-state index in [1.807, 2.05) is 79.7 Å². The molecule has 3 aromatic rings. The largest absolute Gasteiger partial charge is 0.497 e. The van der Waals surface area contributed by atoms with Gasteiger partial charge in [-0.2, -0.15) is 0 Å². The van der Waals surface area contributed by atoms with Gasteiger partial charge < -0.3 is 19.5 Å². The molecule has 162 valence electrons. The van der Waals surface area contributed by atoms with Gasteiger partial charge in [0.25, 0.3) is 0 Å². The molecule has 0 bridgehead atoms. The first-order valence-corrected chi connectivity index (χ1v) is 10.3. The molecule has 0 saturated heterocycles. The van der Waals surface area contributed by atoms with Crippen LogP contribution in [0.15, 0.2) is 72.8 Å². The van der Waals surface area contributed by atoms with Crippen molar-refractivity contribution < 1.29 is 19.0 Å². The van der Waals surface area contributed by atoms with E-state index in [9.17, 15) is 4.79 Å². The van der Waals surface area contributed by atoms with Gasteiger partial charge in [-0.3, -0.25) is 4.79 Å². The van der Waals surface area contributed by atoms with Crippen LogP contribution >= 0.6 is 0 Å². The first-order chi connectivity index (χ1) is 15.1. The number of para-hydroxylation sites is 2. The Bertz CT molecular complexity index is 953. The number of carbonyl (C=O) groups is 1. The minimum Gasteiger partial charge on any atom is -0.497 e. The second kappa shape index (κ2) is 10.5. The molecule has 3 aromatic carbocycles. The van der Waals surface area contributed by atoms with E-state index in [2.05, 4.69) is 5.32 Å². The van der Waals surface area contributed by atoms with Gasteiger partial charge in [0.15, 0.2) is 0 Å². The van der Waals surface area contributed by atoms with E-state index in [4.69, 9.17) is 14.2 Å². The van der Waals surface area contributed by atoms with Crippen LogP contribution < -0.4 is 19.5 Å². The highest BCUT2D eigenvalue weighted by Crippen LogP contribution is 2.35. The van der Waals surface area contributed by atoms with Crippen molar-refractivity contribution in [3.63, 3.8) is 0 Å². The standard InChI is InChI=1S/C26H29NO4/c1-5-20(18-14-16-19(29-2)17-15-18)26(28)27-25(21-10-6-8-12-23(21)30-3)22-11-7-9-13-24(22)31-4/h6-17,20,25H,5H2,1-4H3,(H,27,28)/t20-/m1/s1. The summed E-state index contributed by atoms with van der Waals surface area (Å²) in [5.41, 5.74) is 2.68. The molecule has 0 spiro atoms. The third kappa shape index (κ3) is 5.00. The molecule has 1 atom stereocenters. The van der Waals surface area contributed by atoms with Crippen molar-refractivity contribution in [1.82, 2.24) is 5.32 Å². The number of hydrogen-bond acceptors (Lipinski definition) is 4. The third-order valence-corrected chi connectivity index (χ3v) is 5.43. The van der Waals surface area contributed by atoms with Crippen LogP contribution in [0.2, 0.25) is 0 Å². The summed E-state index contributed by atoms with van der Waals surface area (Å²) in [7, 11) is 4.89. The highest BCUT2D eigenvalue weighted by molar-refractivity contribution is 5.84. The Labute approximate surface area is 184 Å². The predicted octanol–water partition coefficient (Wildman–Crippen LogP) is 5.11. The van der Waals surface area contributed by atoms with Gasteiger partial charge in [0.2, 0.25) is 5.91 Å². The molecule has 0 fully saturated rings. The molecule has 0 aliphatic heterocycles. The Morgan fingerprint density at radius 2 is 1.29 bits per heavy atom. The summed E-state index contributed by atoms with van der Waals surface area (Å²) in [4.78, 5) is 13.5. The summed E-state index contributed by atoms with van der Waals surface area (Å²) in [6.45, 7) is 2.01. The fraction of sp³-hybridized carbons (Fsp3) is 0.269. The Hall–Kier alpha value is -3.47. The Morgan fingerprint density at radius 3 is 1.74 bits per heavy atom. The van der Waals surface area contributed by atoms with Crippen LogP contribution in [-0.4, -0.2) is 27.2 Å². The lowest BCUT2D eigenvalue weighted by Crippen LogP contribution is -2.34. The predicted molar refractivity (Wildman–Crippen MR) is 122 cm³/mol. The molecule has 0 heterocycles. The van der Waals surface area contributed by atoms with Crippen molar-refractivity contribution >= 4 is 5.91 Å². The lowest BCUT2D eigenvalue weighted by atomic mass is 9.92. The number of methoxy groups -OCH3 is 3. The van der Waals surface area contributed by atoms with Gasteiger partial charge in [0.05, 0.1) is 33.3 Å². The molecule has 31 heavy (non-hydrogen) atoms. The average Bonchev–Trinajstić information content (AvgIpc) is 2.83. The first-order valence-electron chi connectivity index (χ1n) is 10.3. The summed E-state index contributed by atoms with van der Waals surface area (Å²) in [6, 6.07) is 22.6. The number of carbonyl (C=O) groups excluding carboxylic acids is 1. The second-order valence-corrected chi connectivity index (χ2v) is 7.16. The first kappa shape index (κ1) is 22.2. The van der Waals surface area contributed by atoms with Crippen molar-refractivity contribution in [2.45, 2.75) is 25.3 Å². The minimum absolute atomic E-state index is 0.0607. The molecule has 3 rings (SSSR count). The van der Waals surface area contributed by atoms with E-state index in [0.717, 1.165) is 22.4 Å². The number of amides is 1. The molecule has 1 N–H and O–H groups in total. The Balaban J connectivity index is 2.00. The maximum atomic E-state index is 13.5. The molecule has 0 aliphatic rings. The highest BCUT2D eigenvalue weighted by Gasteiger charge is 2.27. The summed E-state index contributed by atoms with van der Waals surface area (Å²) in [5, 5.41) is 3.25. The monoisotopic (exact) mass is 419 g/mol. The Morgan fingerprint density at radius 1 is 0.774 bits per heavy atom. The molecule has 0 radical (unpaired) electrons. The van der Waals surface area contributed by atoms with Crippen LogP contribution in [0.5, 0.6) is 17.2 Å². The topological polar surface area (TPSA) is 56.8 Å². The number of hydrogen-bond donors (Lipinski definition) is 1. The van der Waals surface area contributed by atoms with Gasteiger partial charge in [0, 0.05) is 11.1 Å². The van der Waals surface area contributed by atoms with Crippen LogP contribution in [0.4, 0.5) is 0 Å². The fourth-order valence-corrected chi connectivity index (χ4v) is 3.78. The van der Waals surface area contributed by atoms with Crippen LogP contribution in [0, 0.1) is 0 Å². The lowest BCUT2D eigenvalue weighted by Gasteiger charge is -2.26. The molecule has 0 aliphatic carbocycles. The number of nitrogens with one attached hydrogen (secondary N) is 1. The molecule has 0 saturated carbocycles. The summed E-state index contributed by atoms with van der Waals surface area (Å²) >= 11 is 0. The molecule has 0 aromatic heterocycles. The van der Waals surface area contributed by atoms with Gasteiger partial charge in [-0.1, -0.05) is 55.5 Å². The van der Waals surface area contributed by atoms with Gasteiger partial charge in [0.1, 0.15) is 17.2 Å². The van der Waals surface area contributed by atoms with E-state index >= 15 is 0 Å². The highest BCUT2D eigenvalue weighted by atomic mass is 16.5. The second-order valence-electron chi connectivity index (χ2n) is 7.16. The van der Waals surface area contributed by atoms with E-state index < -0.39 is 6.04 Å². The lowest BCUT2D eigenvalue weighted by molar-refractivity contribution is -0.123. The molecule has 0 unspecified atom stereocenters. The van der Waals surface area contributed by atoms with E-state index in [1.165, 1.54) is 0 Å². The minimum atomic E-state index is -0.424. The van der Waals surface area contributed by atoms with E-state index in [1.54, 1.807) is 21.3 Å².